The highest BCUT2D eigenvalue weighted by Crippen LogP contribution is 2.13. The van der Waals surface area contributed by atoms with Gasteiger partial charge in [0.1, 0.15) is 0 Å². The van der Waals surface area contributed by atoms with Crippen LogP contribution in [0.15, 0.2) is 11.9 Å². The standard InChI is InChI=1S/C10H18N2O/c1-11(2)8-10(9-13)12-6-4-3-5-7-12/h8-9H,3-7H2,1-2H3/b10-8-. The van der Waals surface area contributed by atoms with Gasteiger partial charge in [-0.25, -0.2) is 0 Å². The van der Waals surface area contributed by atoms with Crippen molar-refractivity contribution in [3.8, 4) is 0 Å². The summed E-state index contributed by atoms with van der Waals surface area (Å²) in [5.74, 6) is 0. The van der Waals surface area contributed by atoms with Crippen LogP contribution in [-0.4, -0.2) is 43.3 Å². The monoisotopic (exact) mass is 182 g/mol. The first-order valence-corrected chi connectivity index (χ1v) is 4.82. The van der Waals surface area contributed by atoms with Gasteiger partial charge in [0.05, 0.1) is 5.70 Å². The number of hydrogen-bond acceptors (Lipinski definition) is 3. The molecule has 1 rings (SSSR count). The molecule has 0 aromatic rings. The van der Waals surface area contributed by atoms with Gasteiger partial charge in [-0.3, -0.25) is 4.79 Å². The summed E-state index contributed by atoms with van der Waals surface area (Å²) in [5, 5.41) is 0. The first-order valence-electron chi connectivity index (χ1n) is 4.82. The van der Waals surface area contributed by atoms with Gasteiger partial charge in [0.2, 0.25) is 0 Å². The zero-order valence-corrected chi connectivity index (χ0v) is 8.49. The fraction of sp³-hybridized carbons (Fsp3) is 0.700. The Morgan fingerprint density at radius 1 is 1.23 bits per heavy atom. The molecule has 1 heterocycles. The molecule has 74 valence electrons. The molecule has 0 spiro atoms. The van der Waals surface area contributed by atoms with E-state index in [2.05, 4.69) is 4.90 Å². The SMILES string of the molecule is CN(C)/C=C(/C=O)N1CCCCC1. The van der Waals surface area contributed by atoms with Gasteiger partial charge in [-0.15, -0.1) is 0 Å². The minimum absolute atomic E-state index is 0.810. The van der Waals surface area contributed by atoms with Crippen molar-refractivity contribution in [1.29, 1.82) is 0 Å². The number of rotatable bonds is 3. The summed E-state index contributed by atoms with van der Waals surface area (Å²) < 4.78 is 0. The molecule has 0 aromatic heterocycles. The lowest BCUT2D eigenvalue weighted by atomic mass is 10.1. The van der Waals surface area contributed by atoms with Gasteiger partial charge >= 0.3 is 0 Å². The molecule has 1 aliphatic heterocycles. The van der Waals surface area contributed by atoms with Crippen molar-refractivity contribution in [1.82, 2.24) is 9.80 Å². The number of nitrogens with zero attached hydrogens (tertiary/aromatic N) is 2. The van der Waals surface area contributed by atoms with Crippen molar-refractivity contribution in [3.05, 3.63) is 11.9 Å². The summed E-state index contributed by atoms with van der Waals surface area (Å²) in [5.41, 5.74) is 0.810. The Balaban J connectivity index is 2.58. The lowest BCUT2D eigenvalue weighted by Crippen LogP contribution is -2.30. The van der Waals surface area contributed by atoms with Gasteiger partial charge in [-0.05, 0) is 19.3 Å². The molecule has 0 bridgehead atoms. The van der Waals surface area contributed by atoms with Gasteiger partial charge in [0, 0.05) is 33.4 Å². The van der Waals surface area contributed by atoms with Crippen molar-refractivity contribution in [3.63, 3.8) is 0 Å². The molecule has 1 aliphatic rings. The predicted molar refractivity (Wildman–Crippen MR) is 53.3 cm³/mol. The van der Waals surface area contributed by atoms with Gasteiger partial charge in [-0.2, -0.15) is 0 Å². The van der Waals surface area contributed by atoms with Crippen molar-refractivity contribution in [2.45, 2.75) is 19.3 Å². The van der Waals surface area contributed by atoms with E-state index in [-0.39, 0.29) is 0 Å². The third-order valence-electron chi connectivity index (χ3n) is 2.23. The lowest BCUT2D eigenvalue weighted by Gasteiger charge is -2.29. The Morgan fingerprint density at radius 3 is 2.31 bits per heavy atom. The number of aldehydes is 1. The molecular formula is C10H18N2O. The van der Waals surface area contributed by atoms with Crippen LogP contribution in [0.5, 0.6) is 0 Å². The molecule has 3 nitrogen and oxygen atoms in total. The Morgan fingerprint density at radius 2 is 1.85 bits per heavy atom. The van der Waals surface area contributed by atoms with Gasteiger partial charge < -0.3 is 9.80 Å². The lowest BCUT2D eigenvalue weighted by molar-refractivity contribution is -0.106. The Labute approximate surface area is 80.0 Å². The summed E-state index contributed by atoms with van der Waals surface area (Å²) in [6, 6.07) is 0. The van der Waals surface area contributed by atoms with E-state index >= 15 is 0 Å². The third kappa shape index (κ3) is 3.09. The molecule has 0 N–H and O–H groups in total. The van der Waals surface area contributed by atoms with Crippen LogP contribution in [0.1, 0.15) is 19.3 Å². The molecule has 0 atom stereocenters. The Kier molecular flexibility index (Phi) is 3.80. The largest absolute Gasteiger partial charge is 0.382 e. The van der Waals surface area contributed by atoms with Crippen molar-refractivity contribution < 1.29 is 4.79 Å². The molecule has 0 aliphatic carbocycles. The van der Waals surface area contributed by atoms with Crippen molar-refractivity contribution in [2.24, 2.45) is 0 Å². The Bertz CT molecular complexity index is 193. The maximum atomic E-state index is 10.8. The molecule has 0 amide bonds. The molecule has 1 fully saturated rings. The number of hydrogen-bond donors (Lipinski definition) is 0. The zero-order valence-electron chi connectivity index (χ0n) is 8.49. The van der Waals surface area contributed by atoms with E-state index in [0.29, 0.717) is 0 Å². The van der Waals surface area contributed by atoms with Crippen LogP contribution in [0.3, 0.4) is 0 Å². The van der Waals surface area contributed by atoms with Crippen LogP contribution in [0.2, 0.25) is 0 Å². The van der Waals surface area contributed by atoms with E-state index in [1.54, 1.807) is 0 Å². The van der Waals surface area contributed by atoms with E-state index in [9.17, 15) is 4.79 Å². The van der Waals surface area contributed by atoms with Gasteiger partial charge in [0.25, 0.3) is 0 Å². The first-order chi connectivity index (χ1) is 6.24. The summed E-state index contributed by atoms with van der Waals surface area (Å²) in [7, 11) is 3.88. The normalized spacial score (nSPS) is 18.6. The molecule has 1 saturated heterocycles. The quantitative estimate of drug-likeness (QED) is 0.482. The number of carbonyl (C=O) groups is 1. The summed E-state index contributed by atoms with van der Waals surface area (Å²) in [6.45, 7) is 2.05. The van der Waals surface area contributed by atoms with E-state index in [1.165, 1.54) is 19.3 Å². The Hall–Kier alpha value is -0.990. The highest BCUT2D eigenvalue weighted by molar-refractivity contribution is 5.72. The second-order valence-corrected chi connectivity index (χ2v) is 3.68. The summed E-state index contributed by atoms with van der Waals surface area (Å²) in [4.78, 5) is 14.9. The summed E-state index contributed by atoms with van der Waals surface area (Å²) in [6.07, 6.45) is 6.55. The minimum Gasteiger partial charge on any atom is -0.382 e. The second-order valence-electron chi connectivity index (χ2n) is 3.68. The van der Waals surface area contributed by atoms with Crippen LogP contribution < -0.4 is 0 Å². The average molecular weight is 182 g/mol. The maximum absolute atomic E-state index is 10.8. The molecule has 0 unspecified atom stereocenters. The van der Waals surface area contributed by atoms with Gasteiger partial charge in [0.15, 0.2) is 6.29 Å². The first kappa shape index (κ1) is 10.1. The number of likely N-dealkylation sites (tertiary alicyclic amines) is 1. The van der Waals surface area contributed by atoms with Crippen LogP contribution in [-0.2, 0) is 4.79 Å². The minimum atomic E-state index is 0.810. The molecule has 3 heteroatoms. The second kappa shape index (κ2) is 4.90. The van der Waals surface area contributed by atoms with E-state index in [0.717, 1.165) is 25.1 Å². The van der Waals surface area contributed by atoms with E-state index in [1.807, 2.05) is 25.2 Å². The van der Waals surface area contributed by atoms with Crippen LogP contribution >= 0.6 is 0 Å². The number of allylic oxidation sites excluding steroid dienone is 1. The molecule has 13 heavy (non-hydrogen) atoms. The van der Waals surface area contributed by atoms with E-state index < -0.39 is 0 Å². The maximum Gasteiger partial charge on any atom is 0.167 e. The predicted octanol–water partition coefficient (Wildman–Crippen LogP) is 1.07. The molecule has 0 radical (unpaired) electrons. The third-order valence-corrected chi connectivity index (χ3v) is 2.23. The highest BCUT2D eigenvalue weighted by atomic mass is 16.1. The fourth-order valence-corrected chi connectivity index (χ4v) is 1.60. The topological polar surface area (TPSA) is 23.6 Å². The number of piperidine rings is 1. The summed E-state index contributed by atoms with van der Waals surface area (Å²) >= 11 is 0. The number of carbonyl (C=O) groups excluding carboxylic acids is 1. The van der Waals surface area contributed by atoms with Crippen molar-refractivity contribution >= 4 is 6.29 Å². The van der Waals surface area contributed by atoms with Crippen molar-refractivity contribution in [2.75, 3.05) is 27.2 Å². The van der Waals surface area contributed by atoms with Gasteiger partial charge in [-0.1, -0.05) is 0 Å². The van der Waals surface area contributed by atoms with E-state index in [4.69, 9.17) is 0 Å². The fourth-order valence-electron chi connectivity index (χ4n) is 1.60. The van der Waals surface area contributed by atoms with Crippen LogP contribution in [0, 0.1) is 0 Å². The molecule has 0 saturated carbocycles. The highest BCUT2D eigenvalue weighted by Gasteiger charge is 2.12. The molecule has 0 aromatic carbocycles. The molecular weight excluding hydrogens is 164 g/mol. The van der Waals surface area contributed by atoms with Crippen LogP contribution in [0.25, 0.3) is 0 Å². The smallest absolute Gasteiger partial charge is 0.167 e. The average Bonchev–Trinajstić information content (AvgIpc) is 2.15. The zero-order chi connectivity index (χ0) is 9.68. The van der Waals surface area contributed by atoms with Crippen LogP contribution in [0.4, 0.5) is 0 Å².